The van der Waals surface area contributed by atoms with Crippen LogP contribution in [0.4, 0.5) is 0 Å². The SMILES string of the molecule is CN=C(NCc1ccc(S(C)(=O)=O)cc1)N1CC(C)C(C(=O)OC)C1. The van der Waals surface area contributed by atoms with Crippen molar-refractivity contribution < 1.29 is 17.9 Å². The number of carbonyl (C=O) groups is 1. The number of aliphatic imine (C=N–C) groups is 1. The first-order valence-electron chi connectivity index (χ1n) is 8.08. The summed E-state index contributed by atoms with van der Waals surface area (Å²) in [6.07, 6.45) is 1.19. The Labute approximate surface area is 149 Å². The van der Waals surface area contributed by atoms with E-state index in [-0.39, 0.29) is 17.8 Å². The maximum Gasteiger partial charge on any atom is 0.310 e. The van der Waals surface area contributed by atoms with Crippen LogP contribution in [0.1, 0.15) is 12.5 Å². The maximum atomic E-state index is 11.8. The number of benzene rings is 1. The molecule has 1 aromatic carbocycles. The number of likely N-dealkylation sites (tertiary alicyclic amines) is 1. The van der Waals surface area contributed by atoms with Crippen LogP contribution in [0.5, 0.6) is 0 Å². The van der Waals surface area contributed by atoms with E-state index in [1.165, 1.54) is 13.4 Å². The van der Waals surface area contributed by atoms with Crippen molar-refractivity contribution in [1.29, 1.82) is 0 Å². The molecule has 2 rings (SSSR count). The second-order valence-corrected chi connectivity index (χ2v) is 8.34. The highest BCUT2D eigenvalue weighted by Crippen LogP contribution is 2.24. The maximum absolute atomic E-state index is 11.8. The Morgan fingerprint density at radius 3 is 2.48 bits per heavy atom. The van der Waals surface area contributed by atoms with Gasteiger partial charge in [0.15, 0.2) is 15.8 Å². The Balaban J connectivity index is 1.98. The normalized spacial score (nSPS) is 21.3. The van der Waals surface area contributed by atoms with Crippen LogP contribution >= 0.6 is 0 Å². The Morgan fingerprint density at radius 2 is 1.96 bits per heavy atom. The molecule has 0 bridgehead atoms. The molecular formula is C17H25N3O4S. The lowest BCUT2D eigenvalue weighted by Gasteiger charge is -2.21. The molecule has 1 heterocycles. The highest BCUT2D eigenvalue weighted by atomic mass is 32.2. The fraction of sp³-hybridized carbons (Fsp3) is 0.529. The summed E-state index contributed by atoms with van der Waals surface area (Å²) in [7, 11) is -0.0804. The zero-order valence-corrected chi connectivity index (χ0v) is 15.8. The average Bonchev–Trinajstić information content (AvgIpc) is 2.96. The molecular weight excluding hydrogens is 342 g/mol. The summed E-state index contributed by atoms with van der Waals surface area (Å²) >= 11 is 0. The molecule has 1 aliphatic heterocycles. The first-order valence-corrected chi connectivity index (χ1v) is 9.97. The van der Waals surface area contributed by atoms with Crippen molar-refractivity contribution >= 4 is 21.8 Å². The number of hydrogen-bond donors (Lipinski definition) is 1. The van der Waals surface area contributed by atoms with Crippen LogP contribution in [0.25, 0.3) is 0 Å². The third-order valence-electron chi connectivity index (χ3n) is 4.43. The van der Waals surface area contributed by atoms with Crippen LogP contribution in [-0.4, -0.2) is 58.7 Å². The molecule has 0 spiro atoms. The molecule has 1 N–H and O–H groups in total. The van der Waals surface area contributed by atoms with E-state index in [0.717, 1.165) is 12.1 Å². The van der Waals surface area contributed by atoms with Crippen molar-refractivity contribution in [2.45, 2.75) is 18.4 Å². The molecule has 7 nitrogen and oxygen atoms in total. The van der Waals surface area contributed by atoms with Crippen molar-refractivity contribution in [1.82, 2.24) is 10.2 Å². The molecule has 8 heteroatoms. The molecule has 1 aliphatic rings. The molecule has 1 aromatic rings. The van der Waals surface area contributed by atoms with E-state index in [9.17, 15) is 13.2 Å². The van der Waals surface area contributed by atoms with Gasteiger partial charge < -0.3 is 15.0 Å². The van der Waals surface area contributed by atoms with E-state index in [4.69, 9.17) is 4.74 Å². The van der Waals surface area contributed by atoms with E-state index in [0.29, 0.717) is 23.9 Å². The van der Waals surface area contributed by atoms with E-state index < -0.39 is 9.84 Å². The van der Waals surface area contributed by atoms with Gasteiger partial charge in [-0.3, -0.25) is 9.79 Å². The number of methoxy groups -OCH3 is 1. The zero-order valence-electron chi connectivity index (χ0n) is 15.0. The highest BCUT2D eigenvalue weighted by molar-refractivity contribution is 7.90. The van der Waals surface area contributed by atoms with Gasteiger partial charge in [0.2, 0.25) is 0 Å². The molecule has 2 atom stereocenters. The lowest BCUT2D eigenvalue weighted by atomic mass is 9.99. The topological polar surface area (TPSA) is 88.1 Å². The standard InChI is InChI=1S/C17H25N3O4S/c1-12-10-20(11-15(12)16(21)24-3)17(18-2)19-9-13-5-7-14(8-6-13)25(4,22)23/h5-8,12,15H,9-11H2,1-4H3,(H,18,19). The number of rotatable bonds is 4. The van der Waals surface area contributed by atoms with E-state index in [1.807, 2.05) is 11.8 Å². The fourth-order valence-electron chi connectivity index (χ4n) is 2.97. The van der Waals surface area contributed by atoms with Gasteiger partial charge in [0, 0.05) is 32.9 Å². The molecule has 0 radical (unpaired) electrons. The van der Waals surface area contributed by atoms with Crippen LogP contribution in [0.2, 0.25) is 0 Å². The largest absolute Gasteiger partial charge is 0.469 e. The van der Waals surface area contributed by atoms with Gasteiger partial charge in [-0.2, -0.15) is 0 Å². The molecule has 0 aliphatic carbocycles. The van der Waals surface area contributed by atoms with Gasteiger partial charge in [-0.15, -0.1) is 0 Å². The van der Waals surface area contributed by atoms with Crippen LogP contribution in [-0.2, 0) is 25.9 Å². The summed E-state index contributed by atoms with van der Waals surface area (Å²) in [6, 6.07) is 6.75. The summed E-state index contributed by atoms with van der Waals surface area (Å²) < 4.78 is 27.8. The number of carbonyl (C=O) groups excluding carboxylic acids is 1. The van der Waals surface area contributed by atoms with Crippen molar-refractivity contribution in [3.63, 3.8) is 0 Å². The number of nitrogens with one attached hydrogen (secondary N) is 1. The predicted octanol–water partition coefficient (Wildman–Crippen LogP) is 0.906. The van der Waals surface area contributed by atoms with Gasteiger partial charge in [0.1, 0.15) is 0 Å². The van der Waals surface area contributed by atoms with E-state index >= 15 is 0 Å². The van der Waals surface area contributed by atoms with Crippen LogP contribution in [0, 0.1) is 11.8 Å². The number of sulfone groups is 1. The van der Waals surface area contributed by atoms with Gasteiger partial charge in [0.25, 0.3) is 0 Å². The minimum Gasteiger partial charge on any atom is -0.469 e. The van der Waals surface area contributed by atoms with Gasteiger partial charge in [0.05, 0.1) is 17.9 Å². The molecule has 1 saturated heterocycles. The minimum atomic E-state index is -3.19. The van der Waals surface area contributed by atoms with Crippen molar-refractivity contribution in [3.8, 4) is 0 Å². The average molecular weight is 367 g/mol. The fourth-order valence-corrected chi connectivity index (χ4v) is 3.60. The number of ether oxygens (including phenoxy) is 1. The second kappa shape index (κ2) is 7.86. The minimum absolute atomic E-state index is 0.155. The van der Waals surface area contributed by atoms with Crippen LogP contribution in [0.3, 0.4) is 0 Å². The molecule has 0 saturated carbocycles. The number of esters is 1. The first-order chi connectivity index (χ1) is 11.8. The third kappa shape index (κ3) is 4.72. The highest BCUT2D eigenvalue weighted by Gasteiger charge is 2.36. The lowest BCUT2D eigenvalue weighted by Crippen LogP contribution is -2.40. The summed E-state index contributed by atoms with van der Waals surface area (Å²) in [5.74, 6) is 0.560. The van der Waals surface area contributed by atoms with Crippen molar-refractivity contribution in [3.05, 3.63) is 29.8 Å². The second-order valence-electron chi connectivity index (χ2n) is 6.33. The summed E-state index contributed by atoms with van der Waals surface area (Å²) in [6.45, 7) is 3.84. The van der Waals surface area contributed by atoms with Gasteiger partial charge in [-0.25, -0.2) is 8.42 Å². The van der Waals surface area contributed by atoms with Gasteiger partial charge in [-0.1, -0.05) is 19.1 Å². The van der Waals surface area contributed by atoms with Crippen LogP contribution in [0.15, 0.2) is 34.2 Å². The quantitative estimate of drug-likeness (QED) is 0.483. The van der Waals surface area contributed by atoms with Gasteiger partial charge in [-0.05, 0) is 23.6 Å². The lowest BCUT2D eigenvalue weighted by molar-refractivity contribution is -0.145. The Hall–Kier alpha value is -2.09. The third-order valence-corrected chi connectivity index (χ3v) is 5.56. The van der Waals surface area contributed by atoms with Crippen LogP contribution < -0.4 is 5.32 Å². The Bertz CT molecular complexity index is 744. The molecule has 0 amide bonds. The zero-order chi connectivity index (χ0) is 18.6. The predicted molar refractivity (Wildman–Crippen MR) is 96.0 cm³/mol. The summed E-state index contributed by atoms with van der Waals surface area (Å²) in [5.41, 5.74) is 0.949. The molecule has 2 unspecified atom stereocenters. The van der Waals surface area contributed by atoms with Gasteiger partial charge >= 0.3 is 5.97 Å². The molecule has 138 valence electrons. The number of hydrogen-bond acceptors (Lipinski definition) is 5. The molecule has 0 aromatic heterocycles. The Morgan fingerprint density at radius 1 is 1.32 bits per heavy atom. The molecule has 25 heavy (non-hydrogen) atoms. The molecule has 1 fully saturated rings. The summed E-state index contributed by atoms with van der Waals surface area (Å²) in [4.78, 5) is 18.4. The monoisotopic (exact) mass is 367 g/mol. The smallest absolute Gasteiger partial charge is 0.310 e. The number of guanidine groups is 1. The van der Waals surface area contributed by atoms with Crippen molar-refractivity contribution in [2.75, 3.05) is 33.5 Å². The Kier molecular flexibility index (Phi) is 6.05. The first kappa shape index (κ1) is 19.2. The van der Waals surface area contributed by atoms with E-state index in [1.54, 1.807) is 31.3 Å². The van der Waals surface area contributed by atoms with Crippen molar-refractivity contribution in [2.24, 2.45) is 16.8 Å². The number of nitrogens with zero attached hydrogens (tertiary/aromatic N) is 2. The summed E-state index contributed by atoms with van der Waals surface area (Å²) in [5, 5.41) is 3.26. The van der Waals surface area contributed by atoms with E-state index in [2.05, 4.69) is 10.3 Å².